The molecule has 0 aromatic heterocycles. The van der Waals surface area contributed by atoms with Gasteiger partial charge in [-0.05, 0) is 31.4 Å². The number of hydrogen-bond acceptors (Lipinski definition) is 2. The van der Waals surface area contributed by atoms with Crippen LogP contribution >= 0.6 is 11.8 Å². The standard InChI is InChI=1S/C17H27NOS/c1-4-6-10-15(5-2)13-18-17(19)14(3)20-16-11-8-7-9-12-16/h7-9,11-12,14-15H,4-6,10,13H2,1-3H3,(H,18,19)/t14-,15+/m0/s1. The molecule has 2 nitrogen and oxygen atoms in total. The van der Waals surface area contributed by atoms with Gasteiger partial charge in [0.1, 0.15) is 0 Å². The average molecular weight is 293 g/mol. The maximum Gasteiger partial charge on any atom is 0.233 e. The largest absolute Gasteiger partial charge is 0.355 e. The first-order valence-electron chi connectivity index (χ1n) is 7.66. The van der Waals surface area contributed by atoms with Crippen molar-refractivity contribution < 1.29 is 4.79 Å². The van der Waals surface area contributed by atoms with Crippen molar-refractivity contribution in [2.45, 2.75) is 56.6 Å². The third kappa shape index (κ3) is 6.47. The van der Waals surface area contributed by atoms with Crippen LogP contribution in [0.15, 0.2) is 35.2 Å². The predicted octanol–water partition coefficient (Wildman–Crippen LogP) is 4.50. The summed E-state index contributed by atoms with van der Waals surface area (Å²) in [6.45, 7) is 7.20. The molecule has 0 bridgehead atoms. The highest BCUT2D eigenvalue weighted by molar-refractivity contribution is 8.00. The molecule has 0 aliphatic rings. The molecule has 1 aromatic carbocycles. The maximum absolute atomic E-state index is 12.1. The quantitative estimate of drug-likeness (QED) is 0.679. The van der Waals surface area contributed by atoms with E-state index in [1.165, 1.54) is 19.3 Å². The molecule has 0 heterocycles. The summed E-state index contributed by atoms with van der Waals surface area (Å²) in [5, 5.41) is 3.06. The monoisotopic (exact) mass is 293 g/mol. The highest BCUT2D eigenvalue weighted by atomic mass is 32.2. The van der Waals surface area contributed by atoms with Crippen LogP contribution in [0.3, 0.4) is 0 Å². The predicted molar refractivity (Wildman–Crippen MR) is 88.1 cm³/mol. The summed E-state index contributed by atoms with van der Waals surface area (Å²) in [5.41, 5.74) is 0. The molecule has 1 N–H and O–H groups in total. The van der Waals surface area contributed by atoms with Crippen molar-refractivity contribution in [3.63, 3.8) is 0 Å². The smallest absolute Gasteiger partial charge is 0.233 e. The molecule has 3 heteroatoms. The molecule has 1 aromatic rings. The van der Waals surface area contributed by atoms with Gasteiger partial charge in [0.05, 0.1) is 5.25 Å². The van der Waals surface area contributed by atoms with Gasteiger partial charge in [-0.2, -0.15) is 0 Å². The first-order chi connectivity index (χ1) is 9.67. The van der Waals surface area contributed by atoms with Crippen molar-refractivity contribution in [1.82, 2.24) is 5.32 Å². The van der Waals surface area contributed by atoms with Crippen LogP contribution in [0, 0.1) is 5.92 Å². The van der Waals surface area contributed by atoms with Crippen LogP contribution in [0.4, 0.5) is 0 Å². The van der Waals surface area contributed by atoms with E-state index < -0.39 is 0 Å². The van der Waals surface area contributed by atoms with Gasteiger partial charge in [-0.15, -0.1) is 11.8 Å². The van der Waals surface area contributed by atoms with Crippen LogP contribution in [-0.2, 0) is 4.79 Å². The Hall–Kier alpha value is -0.960. The molecule has 0 saturated carbocycles. The fraction of sp³-hybridized carbons (Fsp3) is 0.588. The van der Waals surface area contributed by atoms with Crippen LogP contribution in [-0.4, -0.2) is 17.7 Å². The molecule has 0 saturated heterocycles. The Morgan fingerprint density at radius 2 is 1.95 bits per heavy atom. The van der Waals surface area contributed by atoms with Gasteiger partial charge in [0, 0.05) is 11.4 Å². The normalized spacial score (nSPS) is 13.8. The molecular weight excluding hydrogens is 266 g/mol. The molecule has 1 rings (SSSR count). The van der Waals surface area contributed by atoms with Crippen LogP contribution < -0.4 is 5.32 Å². The Labute approximate surface area is 127 Å². The number of carbonyl (C=O) groups excluding carboxylic acids is 1. The van der Waals surface area contributed by atoms with Crippen LogP contribution in [0.1, 0.15) is 46.5 Å². The van der Waals surface area contributed by atoms with Crippen molar-refractivity contribution in [2.75, 3.05) is 6.54 Å². The Morgan fingerprint density at radius 1 is 1.25 bits per heavy atom. The van der Waals surface area contributed by atoms with Crippen LogP contribution in [0.2, 0.25) is 0 Å². The number of amides is 1. The molecule has 20 heavy (non-hydrogen) atoms. The third-order valence-electron chi connectivity index (χ3n) is 3.53. The van der Waals surface area contributed by atoms with E-state index in [2.05, 4.69) is 19.2 Å². The zero-order valence-corrected chi connectivity index (χ0v) is 13.7. The summed E-state index contributed by atoms with van der Waals surface area (Å²) in [6, 6.07) is 10.1. The summed E-state index contributed by atoms with van der Waals surface area (Å²) >= 11 is 1.62. The topological polar surface area (TPSA) is 29.1 Å². The van der Waals surface area contributed by atoms with E-state index in [9.17, 15) is 4.79 Å². The molecule has 1 amide bonds. The van der Waals surface area contributed by atoms with Crippen LogP contribution in [0.5, 0.6) is 0 Å². The van der Waals surface area contributed by atoms with Gasteiger partial charge in [0.25, 0.3) is 0 Å². The van der Waals surface area contributed by atoms with Gasteiger partial charge in [-0.3, -0.25) is 4.79 Å². The molecule has 0 spiro atoms. The Kier molecular flexibility index (Phi) is 8.43. The maximum atomic E-state index is 12.1. The highest BCUT2D eigenvalue weighted by Gasteiger charge is 2.15. The number of nitrogens with one attached hydrogen (secondary N) is 1. The second-order valence-corrected chi connectivity index (χ2v) is 6.65. The minimum absolute atomic E-state index is 0.0407. The Morgan fingerprint density at radius 3 is 2.55 bits per heavy atom. The van der Waals surface area contributed by atoms with E-state index >= 15 is 0 Å². The fourth-order valence-electron chi connectivity index (χ4n) is 2.09. The number of carbonyl (C=O) groups is 1. The first-order valence-corrected chi connectivity index (χ1v) is 8.54. The lowest BCUT2D eigenvalue weighted by Gasteiger charge is -2.17. The van der Waals surface area contributed by atoms with Crippen molar-refractivity contribution >= 4 is 17.7 Å². The molecule has 0 aliphatic heterocycles. The fourth-order valence-corrected chi connectivity index (χ4v) is 3.00. The summed E-state index contributed by atoms with van der Waals surface area (Å²) in [5.74, 6) is 0.765. The summed E-state index contributed by atoms with van der Waals surface area (Å²) in [6.07, 6.45) is 4.83. The van der Waals surface area contributed by atoms with Crippen molar-refractivity contribution in [1.29, 1.82) is 0 Å². The Balaban J connectivity index is 2.34. The lowest BCUT2D eigenvalue weighted by molar-refractivity contribution is -0.120. The first kappa shape index (κ1) is 17.1. The van der Waals surface area contributed by atoms with E-state index in [1.54, 1.807) is 11.8 Å². The lowest BCUT2D eigenvalue weighted by Crippen LogP contribution is -2.34. The van der Waals surface area contributed by atoms with Crippen molar-refractivity contribution in [3.05, 3.63) is 30.3 Å². The number of rotatable bonds is 9. The molecule has 0 radical (unpaired) electrons. The van der Waals surface area contributed by atoms with E-state index in [1.807, 2.05) is 37.3 Å². The molecular formula is C17H27NOS. The SMILES string of the molecule is CCCC[C@@H](CC)CNC(=O)[C@H](C)Sc1ccccc1. The van der Waals surface area contributed by atoms with Gasteiger partial charge in [-0.25, -0.2) is 0 Å². The second kappa shape index (κ2) is 9.87. The molecule has 112 valence electrons. The number of benzene rings is 1. The minimum atomic E-state index is -0.0407. The van der Waals surface area contributed by atoms with Gasteiger partial charge in [-0.1, -0.05) is 51.3 Å². The lowest BCUT2D eigenvalue weighted by atomic mass is 9.99. The van der Waals surface area contributed by atoms with Crippen molar-refractivity contribution in [3.8, 4) is 0 Å². The van der Waals surface area contributed by atoms with Gasteiger partial charge < -0.3 is 5.32 Å². The third-order valence-corrected chi connectivity index (χ3v) is 4.65. The van der Waals surface area contributed by atoms with Gasteiger partial charge in [0.2, 0.25) is 5.91 Å². The molecule has 0 fully saturated rings. The number of thioether (sulfide) groups is 1. The van der Waals surface area contributed by atoms with E-state index in [4.69, 9.17) is 0 Å². The average Bonchev–Trinajstić information content (AvgIpc) is 2.48. The zero-order chi connectivity index (χ0) is 14.8. The van der Waals surface area contributed by atoms with Crippen LogP contribution in [0.25, 0.3) is 0 Å². The van der Waals surface area contributed by atoms with Gasteiger partial charge >= 0.3 is 0 Å². The highest BCUT2D eigenvalue weighted by Crippen LogP contribution is 2.22. The summed E-state index contributed by atoms with van der Waals surface area (Å²) in [7, 11) is 0. The minimum Gasteiger partial charge on any atom is -0.355 e. The van der Waals surface area contributed by atoms with E-state index in [-0.39, 0.29) is 11.2 Å². The molecule has 0 aliphatic carbocycles. The number of hydrogen-bond donors (Lipinski definition) is 1. The second-order valence-electron chi connectivity index (χ2n) is 5.23. The van der Waals surface area contributed by atoms with Gasteiger partial charge in [0.15, 0.2) is 0 Å². The molecule has 0 unspecified atom stereocenters. The number of unbranched alkanes of at least 4 members (excludes halogenated alkanes) is 1. The Bertz CT molecular complexity index is 380. The van der Waals surface area contributed by atoms with E-state index in [0.29, 0.717) is 5.92 Å². The van der Waals surface area contributed by atoms with Crippen molar-refractivity contribution in [2.24, 2.45) is 5.92 Å². The van der Waals surface area contributed by atoms with E-state index in [0.717, 1.165) is 17.9 Å². The summed E-state index contributed by atoms with van der Waals surface area (Å²) < 4.78 is 0. The summed E-state index contributed by atoms with van der Waals surface area (Å²) in [4.78, 5) is 13.3. The molecule has 2 atom stereocenters. The zero-order valence-electron chi connectivity index (χ0n) is 12.9.